The summed E-state index contributed by atoms with van der Waals surface area (Å²) < 4.78 is 33.8. The maximum atomic E-state index is 7.52. The van der Waals surface area contributed by atoms with Gasteiger partial charge in [-0.3, -0.25) is 0 Å². The summed E-state index contributed by atoms with van der Waals surface area (Å²) in [7, 11) is 10.7. The molecular formula is C112H140N16+10. The lowest BCUT2D eigenvalue weighted by atomic mass is 9.84. The van der Waals surface area contributed by atoms with Crippen LogP contribution in [-0.4, -0.2) is 23.4 Å². The molecule has 16 rings (SSSR count). The van der Waals surface area contributed by atoms with Crippen molar-refractivity contribution in [1.29, 1.82) is 0 Å². The van der Waals surface area contributed by atoms with E-state index in [0.29, 0.717) is 35.9 Å². The van der Waals surface area contributed by atoms with Crippen LogP contribution in [0.5, 0.6) is 0 Å². The Hall–Kier alpha value is -13.1. The van der Waals surface area contributed by atoms with E-state index in [1.807, 2.05) is 24.3 Å². The minimum atomic E-state index is 0.0830. The summed E-state index contributed by atoms with van der Waals surface area (Å²) in [4.78, 5) is 3.71. The van der Waals surface area contributed by atoms with E-state index < -0.39 is 0 Å². The molecule has 0 aliphatic rings. The van der Waals surface area contributed by atoms with Gasteiger partial charge in [0.25, 0.3) is 0 Å². The van der Waals surface area contributed by atoms with Crippen molar-refractivity contribution < 1.29 is 46.2 Å². The van der Waals surface area contributed by atoms with Crippen LogP contribution < -0.4 is 46.2 Å². The second-order valence-corrected chi connectivity index (χ2v) is 37.2. The van der Waals surface area contributed by atoms with Crippen molar-refractivity contribution in [3.63, 3.8) is 0 Å². The summed E-state index contributed by atoms with van der Waals surface area (Å²) in [6.45, 7) is 64.8. The van der Waals surface area contributed by atoms with E-state index in [1.165, 1.54) is 151 Å². The molecule has 16 heteroatoms. The van der Waals surface area contributed by atoms with E-state index >= 15 is 0 Å². The lowest BCUT2D eigenvalue weighted by Crippen LogP contribution is -2.43. The molecule has 6 aromatic carbocycles. The van der Waals surface area contributed by atoms with Crippen molar-refractivity contribution in [3.05, 3.63) is 346 Å². The van der Waals surface area contributed by atoms with Gasteiger partial charge in [0.1, 0.15) is 28.5 Å². The molecular weight excluding hydrogens is 1570 g/mol. The van der Waals surface area contributed by atoms with Crippen molar-refractivity contribution in [2.75, 3.05) is 0 Å². The summed E-state index contributed by atoms with van der Waals surface area (Å²) in [5.74, 6) is 0. The maximum Gasteiger partial charge on any atom is 0.217 e. The topological polar surface area (TPSA) is 67.8 Å². The van der Waals surface area contributed by atoms with Crippen LogP contribution in [0, 0.1) is 96.6 Å². The van der Waals surface area contributed by atoms with Crippen LogP contribution in [0.3, 0.4) is 0 Å². The van der Waals surface area contributed by atoms with Gasteiger partial charge >= 0.3 is 0 Å². The minimum Gasteiger partial charge on any atom is -0.238 e. The number of aromatic nitrogens is 15. The van der Waals surface area contributed by atoms with Gasteiger partial charge in [-0.1, -0.05) is 75.4 Å². The number of pyridine rings is 5. The number of fused-ring (bicyclic) bond motifs is 1. The normalized spacial score (nSPS) is 11.4. The molecule has 0 atom stereocenters. The molecule has 10 heterocycles. The van der Waals surface area contributed by atoms with Gasteiger partial charge in [-0.15, -0.1) is 23.4 Å². The second kappa shape index (κ2) is 39.4. The average Bonchev–Trinajstić information content (AvgIpc) is 1.39. The molecule has 658 valence electrons. The lowest BCUT2D eigenvalue weighted by Gasteiger charge is -2.21. The van der Waals surface area contributed by atoms with Crippen LogP contribution in [0.1, 0.15) is 199 Å². The summed E-state index contributed by atoms with van der Waals surface area (Å²) in [5.41, 5.74) is 37.0. The average molecular weight is 1710 g/mol. The van der Waals surface area contributed by atoms with Crippen LogP contribution in [0.25, 0.3) is 100 Å². The number of rotatable bonds is 15. The van der Waals surface area contributed by atoms with Crippen LogP contribution in [0.4, 0.5) is 5.69 Å². The first-order valence-electron chi connectivity index (χ1n) is 45.4. The molecule has 10 aromatic heterocycles. The fourth-order valence-electron chi connectivity index (χ4n) is 18.5. The Labute approximate surface area is 763 Å². The molecule has 0 N–H and O–H groups in total. The number of hydrogen-bond donors (Lipinski definition) is 0. The number of benzene rings is 6. The van der Waals surface area contributed by atoms with E-state index in [1.54, 1.807) is 0 Å². The zero-order valence-electron chi connectivity index (χ0n) is 82.3. The first-order valence-corrected chi connectivity index (χ1v) is 45.4. The van der Waals surface area contributed by atoms with Gasteiger partial charge < -0.3 is 0 Å². The van der Waals surface area contributed by atoms with E-state index in [2.05, 4.69) is 522 Å². The quantitative estimate of drug-likeness (QED) is 0.0725. The highest BCUT2D eigenvalue weighted by atomic mass is 15.4. The van der Waals surface area contributed by atoms with E-state index in [4.69, 9.17) is 6.57 Å². The van der Waals surface area contributed by atoms with Gasteiger partial charge in [-0.25, -0.2) is 4.85 Å². The third-order valence-corrected chi connectivity index (χ3v) is 25.5. The Morgan fingerprint density at radius 2 is 0.609 bits per heavy atom. The maximum absolute atomic E-state index is 7.52. The van der Waals surface area contributed by atoms with E-state index in [0.717, 1.165) is 22.6 Å². The largest absolute Gasteiger partial charge is 0.238 e. The molecule has 16 nitrogen and oxygen atoms in total. The molecule has 0 bridgehead atoms. The van der Waals surface area contributed by atoms with Crippen molar-refractivity contribution in [1.82, 2.24) is 23.4 Å². The van der Waals surface area contributed by atoms with Gasteiger partial charge in [0.2, 0.25) is 28.4 Å². The molecule has 0 unspecified atom stereocenters. The molecule has 0 aliphatic carbocycles. The zero-order chi connectivity index (χ0) is 92.9. The molecule has 0 amide bonds. The van der Waals surface area contributed by atoms with Crippen molar-refractivity contribution in [3.8, 4) is 84.7 Å². The summed E-state index contributed by atoms with van der Waals surface area (Å²) >= 11 is 0. The molecule has 0 aliphatic heterocycles. The van der Waals surface area contributed by atoms with Gasteiger partial charge in [-0.05, 0) is 182 Å². The first kappa shape index (κ1) is 94.0. The van der Waals surface area contributed by atoms with Gasteiger partial charge in [0.05, 0.1) is 41.8 Å². The molecule has 0 spiro atoms. The summed E-state index contributed by atoms with van der Waals surface area (Å²) in [6, 6.07) is 71.2. The number of nitrogens with zero attached hydrogens (tertiary/aromatic N) is 16. The standard InChI is InChI=1S/C24H27N3.C24H33N3.C22H29N3.C21H24N4.C21H27N3/c1-17(2)27-15-13-22(25(27)5)24-19(4)23(26-14-9-8-10-18(26)3)16-20-11-6-7-12-21(20)24;1-17(2)27-14-12-22(25(27)8)21-15-20(24(5,6)7)16-23(19(21)4)26-13-10-9-11-18(26)3;1-15(2)25-13-11-20(23(25)7)21-16(3)14-17(4)22(19(21)6)24-12-9-8-10-18(24)5;1-15(2)25-12-10-20(23(25)6)19-13-18(22-5)14-21(17(19)4)24-11-8-7-9-16(24)3;1-15(2)24-12-10-20(22(24)6)19-13-16(3)14-21(18(19)5)23-11-8-7-9-17(23)4/h6-17H,1-5H3;9-17H,1-8H3;8-15H,1-7H3;7-15H,1-4,6H3;7-15H,1-6H3/q5*+2. The highest BCUT2D eigenvalue weighted by Gasteiger charge is 2.32. The van der Waals surface area contributed by atoms with Gasteiger partial charge in [0, 0.05) is 211 Å². The Morgan fingerprint density at radius 1 is 0.289 bits per heavy atom. The van der Waals surface area contributed by atoms with E-state index in [-0.39, 0.29) is 5.41 Å². The van der Waals surface area contributed by atoms with Crippen LogP contribution >= 0.6 is 0 Å². The Bertz CT molecular complexity index is 6780. The van der Waals surface area contributed by atoms with Crippen LogP contribution in [0.2, 0.25) is 0 Å². The monoisotopic (exact) mass is 1710 g/mol. The van der Waals surface area contributed by atoms with Gasteiger partial charge in [-0.2, -0.15) is 46.2 Å². The highest BCUT2D eigenvalue weighted by Crippen LogP contribution is 2.38. The molecule has 16 aromatic rings. The van der Waals surface area contributed by atoms with E-state index in [9.17, 15) is 0 Å². The number of aryl methyl sites for hydroxylation is 8. The molecule has 0 radical (unpaired) electrons. The van der Waals surface area contributed by atoms with Gasteiger partial charge in [0.15, 0.2) is 126 Å². The predicted molar refractivity (Wildman–Crippen MR) is 519 cm³/mol. The van der Waals surface area contributed by atoms with Crippen molar-refractivity contribution >= 4 is 16.5 Å². The fraction of sp³-hybridized carbons (Fsp3) is 0.330. The first-order chi connectivity index (χ1) is 60.7. The SMILES string of the molecule is Cc1c(-[n+]2ccccc2C)cc2ccccc2c1-c1cc[n+](C(C)C)n1C.Cc1c(-c2cc[n+](C(C)C)n2C)cc(C(C)(C)C)cc1-[n+]1ccccc1C.Cc1cc(-c2cc[n+](C(C)C)n2C)c(C)c(-[n+]2ccccc2C)c1.Cc1cc(C)c(-[n+]2ccccc2C)c(C)c1-c1cc[n+](C(C)C)n1C.[C-]#[N+]c1cc(-c2cc[n+](C(C)C)n2C)c(C)c(-[n+]2ccccc2C)c1. The summed E-state index contributed by atoms with van der Waals surface area (Å²) in [6.07, 6.45) is 21.5. The van der Waals surface area contributed by atoms with Crippen molar-refractivity contribution in [2.45, 2.75) is 216 Å². The minimum absolute atomic E-state index is 0.0830. The third-order valence-electron chi connectivity index (χ3n) is 25.5. The summed E-state index contributed by atoms with van der Waals surface area (Å²) in [5, 5.41) is 2.56. The van der Waals surface area contributed by atoms with Crippen LogP contribution in [-0.2, 0) is 40.7 Å². The number of hydrogen-bond acceptors (Lipinski definition) is 0. The zero-order valence-corrected chi connectivity index (χ0v) is 82.3. The highest BCUT2D eigenvalue weighted by molar-refractivity contribution is 5.99. The predicted octanol–water partition coefficient (Wildman–Crippen LogP) is 21.2. The Morgan fingerprint density at radius 3 is 0.977 bits per heavy atom. The Balaban J connectivity index is 0.000000145. The third kappa shape index (κ3) is 19.4. The smallest absolute Gasteiger partial charge is 0.217 e. The second-order valence-electron chi connectivity index (χ2n) is 37.2. The molecule has 0 saturated heterocycles. The fourth-order valence-corrected chi connectivity index (χ4v) is 18.5. The molecule has 128 heavy (non-hydrogen) atoms. The molecule has 0 fully saturated rings. The van der Waals surface area contributed by atoms with Crippen molar-refractivity contribution in [2.24, 2.45) is 35.2 Å². The Kier molecular flexibility index (Phi) is 28.9. The molecule has 0 saturated carbocycles. The van der Waals surface area contributed by atoms with Crippen LogP contribution in [0.15, 0.2) is 256 Å². The lowest BCUT2D eigenvalue weighted by molar-refractivity contribution is -0.789.